The summed E-state index contributed by atoms with van der Waals surface area (Å²) in [6, 6.07) is 20.2. The van der Waals surface area contributed by atoms with Crippen LogP contribution in [0, 0.1) is 0 Å². The van der Waals surface area contributed by atoms with Gasteiger partial charge >= 0.3 is 5.97 Å². The number of aromatic amines is 1. The lowest BCUT2D eigenvalue weighted by Gasteiger charge is -2.06. The summed E-state index contributed by atoms with van der Waals surface area (Å²) in [4.78, 5) is 26.3. The molecule has 0 bridgehead atoms. The van der Waals surface area contributed by atoms with Crippen LogP contribution in [0.25, 0.3) is 21.7 Å². The number of anilines is 1. The molecule has 0 saturated heterocycles. The zero-order valence-electron chi connectivity index (χ0n) is 13.1. The van der Waals surface area contributed by atoms with Crippen LogP contribution < -0.4 is 5.32 Å². The van der Waals surface area contributed by atoms with Gasteiger partial charge in [-0.25, -0.2) is 4.79 Å². The van der Waals surface area contributed by atoms with Crippen LogP contribution in [0.5, 0.6) is 0 Å². The van der Waals surface area contributed by atoms with Gasteiger partial charge in [-0.1, -0.05) is 30.3 Å². The van der Waals surface area contributed by atoms with E-state index in [0.29, 0.717) is 16.8 Å². The van der Waals surface area contributed by atoms with Crippen molar-refractivity contribution in [2.24, 2.45) is 0 Å². The van der Waals surface area contributed by atoms with Gasteiger partial charge in [0.25, 0.3) is 5.91 Å². The molecule has 0 saturated carbocycles. The smallest absolute Gasteiger partial charge is 0.352 e. The molecule has 1 heterocycles. The van der Waals surface area contributed by atoms with E-state index in [1.54, 1.807) is 30.3 Å². The molecule has 1 aromatic heterocycles. The van der Waals surface area contributed by atoms with Gasteiger partial charge in [0.2, 0.25) is 0 Å². The summed E-state index contributed by atoms with van der Waals surface area (Å²) in [7, 11) is 0. The Morgan fingerprint density at radius 2 is 1.64 bits per heavy atom. The van der Waals surface area contributed by atoms with Crippen LogP contribution in [0.4, 0.5) is 5.69 Å². The highest BCUT2D eigenvalue weighted by Gasteiger charge is 2.10. The Labute approximate surface area is 142 Å². The van der Waals surface area contributed by atoms with E-state index < -0.39 is 5.97 Å². The predicted molar refractivity (Wildman–Crippen MR) is 97.2 cm³/mol. The molecule has 0 fully saturated rings. The van der Waals surface area contributed by atoms with Gasteiger partial charge in [0.15, 0.2) is 0 Å². The predicted octanol–water partition coefficient (Wildman–Crippen LogP) is 4.27. The molecule has 0 aliphatic rings. The molecule has 0 spiro atoms. The number of aromatic nitrogens is 1. The molecular weight excluding hydrogens is 316 g/mol. The van der Waals surface area contributed by atoms with E-state index >= 15 is 0 Å². The highest BCUT2D eigenvalue weighted by molar-refractivity contribution is 6.07. The number of hydrogen-bond acceptors (Lipinski definition) is 2. The number of carbonyl (C=O) groups is 2. The van der Waals surface area contributed by atoms with E-state index in [-0.39, 0.29) is 11.6 Å². The maximum atomic E-state index is 12.5. The molecule has 0 unspecified atom stereocenters. The molecule has 0 atom stereocenters. The number of carboxylic acids is 1. The minimum atomic E-state index is -1.02. The van der Waals surface area contributed by atoms with Crippen LogP contribution in [-0.2, 0) is 0 Å². The summed E-state index contributed by atoms with van der Waals surface area (Å²) < 4.78 is 0. The van der Waals surface area contributed by atoms with Gasteiger partial charge in [-0.05, 0) is 47.2 Å². The van der Waals surface area contributed by atoms with Crippen LogP contribution in [0.3, 0.4) is 0 Å². The third kappa shape index (κ3) is 2.83. The maximum Gasteiger partial charge on any atom is 0.352 e. The number of carboxylic acid groups (broad SMARTS) is 1. The lowest BCUT2D eigenvalue weighted by molar-refractivity contribution is 0.0691. The quantitative estimate of drug-likeness (QED) is 0.524. The summed E-state index contributed by atoms with van der Waals surface area (Å²) in [6.07, 6.45) is 0. The number of rotatable bonds is 3. The number of fused-ring (bicyclic) bond motifs is 2. The fourth-order valence-corrected chi connectivity index (χ4v) is 2.86. The first-order chi connectivity index (χ1) is 12.1. The number of amides is 1. The van der Waals surface area contributed by atoms with Crippen LogP contribution in [0.2, 0.25) is 0 Å². The Balaban J connectivity index is 1.62. The first-order valence-corrected chi connectivity index (χ1v) is 7.76. The van der Waals surface area contributed by atoms with Gasteiger partial charge in [-0.2, -0.15) is 0 Å². The first-order valence-electron chi connectivity index (χ1n) is 7.76. The Hall–Kier alpha value is -3.60. The first kappa shape index (κ1) is 15.0. The second-order valence-corrected chi connectivity index (χ2v) is 5.81. The van der Waals surface area contributed by atoms with E-state index in [1.807, 2.05) is 36.4 Å². The van der Waals surface area contributed by atoms with Gasteiger partial charge in [0, 0.05) is 22.2 Å². The molecule has 0 aliphatic carbocycles. The van der Waals surface area contributed by atoms with E-state index in [9.17, 15) is 9.59 Å². The monoisotopic (exact) mass is 330 g/mol. The van der Waals surface area contributed by atoms with Crippen LogP contribution in [0.15, 0.2) is 66.7 Å². The Bertz CT molecular complexity index is 1130. The zero-order valence-corrected chi connectivity index (χ0v) is 13.1. The van der Waals surface area contributed by atoms with Crippen molar-refractivity contribution in [3.8, 4) is 0 Å². The normalized spacial score (nSPS) is 10.9. The lowest BCUT2D eigenvalue weighted by atomic mass is 10.1. The molecule has 3 aromatic carbocycles. The van der Waals surface area contributed by atoms with Gasteiger partial charge in [-0.3, -0.25) is 4.79 Å². The Morgan fingerprint density at radius 3 is 2.44 bits per heavy atom. The van der Waals surface area contributed by atoms with Crippen molar-refractivity contribution in [3.05, 3.63) is 78.0 Å². The topological polar surface area (TPSA) is 82.2 Å². The number of H-pyrrole nitrogens is 1. The molecule has 5 heteroatoms. The zero-order chi connectivity index (χ0) is 17.4. The third-order valence-electron chi connectivity index (χ3n) is 4.12. The number of hydrogen-bond donors (Lipinski definition) is 3. The molecule has 122 valence electrons. The minimum absolute atomic E-state index is 0.119. The van der Waals surface area contributed by atoms with Gasteiger partial charge in [0.1, 0.15) is 5.69 Å². The second-order valence-electron chi connectivity index (χ2n) is 5.81. The number of benzene rings is 3. The average molecular weight is 330 g/mol. The fraction of sp³-hybridized carbons (Fsp3) is 0. The number of carbonyl (C=O) groups excluding carboxylic acids is 1. The van der Waals surface area contributed by atoms with Crippen molar-refractivity contribution in [1.29, 1.82) is 0 Å². The summed E-state index contributed by atoms with van der Waals surface area (Å²) in [5.74, 6) is -1.22. The second kappa shape index (κ2) is 5.79. The van der Waals surface area contributed by atoms with Crippen molar-refractivity contribution < 1.29 is 14.7 Å². The molecular formula is C20H14N2O3. The minimum Gasteiger partial charge on any atom is -0.477 e. The summed E-state index contributed by atoms with van der Waals surface area (Å²) in [6.45, 7) is 0. The molecule has 0 radical (unpaired) electrons. The van der Waals surface area contributed by atoms with Crippen LogP contribution >= 0.6 is 0 Å². The maximum absolute atomic E-state index is 12.5. The molecule has 5 nitrogen and oxygen atoms in total. The molecule has 0 aliphatic heterocycles. The standard InChI is InChI=1S/C20H14N2O3/c23-19(14-6-5-12-3-1-2-4-13(12)9-14)21-16-7-8-17-15(10-16)11-18(22-17)20(24)25/h1-11,22H,(H,21,23)(H,24,25). The molecule has 4 rings (SSSR count). The van der Waals surface area contributed by atoms with Crippen LogP contribution in [0.1, 0.15) is 20.8 Å². The van der Waals surface area contributed by atoms with Crippen LogP contribution in [-0.4, -0.2) is 22.0 Å². The average Bonchev–Trinajstić information content (AvgIpc) is 3.05. The van der Waals surface area contributed by atoms with E-state index in [1.165, 1.54) is 0 Å². The van der Waals surface area contributed by atoms with E-state index in [4.69, 9.17) is 5.11 Å². The van der Waals surface area contributed by atoms with Crippen molar-refractivity contribution >= 4 is 39.2 Å². The lowest BCUT2D eigenvalue weighted by Crippen LogP contribution is -2.11. The van der Waals surface area contributed by atoms with Gasteiger partial charge < -0.3 is 15.4 Å². The Kier molecular flexibility index (Phi) is 3.47. The van der Waals surface area contributed by atoms with Gasteiger partial charge in [-0.15, -0.1) is 0 Å². The summed E-state index contributed by atoms with van der Waals surface area (Å²) >= 11 is 0. The summed E-state index contributed by atoms with van der Waals surface area (Å²) in [5, 5.41) is 14.7. The number of aromatic carboxylic acids is 1. The van der Waals surface area contributed by atoms with Crippen molar-refractivity contribution in [1.82, 2.24) is 4.98 Å². The van der Waals surface area contributed by atoms with Crippen molar-refractivity contribution in [2.45, 2.75) is 0 Å². The fourth-order valence-electron chi connectivity index (χ4n) is 2.86. The highest BCUT2D eigenvalue weighted by Crippen LogP contribution is 2.22. The highest BCUT2D eigenvalue weighted by atomic mass is 16.4. The van der Waals surface area contributed by atoms with Gasteiger partial charge in [0.05, 0.1) is 0 Å². The molecule has 25 heavy (non-hydrogen) atoms. The van der Waals surface area contributed by atoms with Crippen molar-refractivity contribution in [3.63, 3.8) is 0 Å². The molecule has 3 N–H and O–H groups in total. The summed E-state index contributed by atoms with van der Waals surface area (Å²) in [5.41, 5.74) is 2.01. The third-order valence-corrected chi connectivity index (χ3v) is 4.12. The SMILES string of the molecule is O=C(Nc1ccc2[nH]c(C(=O)O)cc2c1)c1ccc2ccccc2c1. The van der Waals surface area contributed by atoms with E-state index in [2.05, 4.69) is 10.3 Å². The molecule has 1 amide bonds. The van der Waals surface area contributed by atoms with Crippen molar-refractivity contribution in [2.75, 3.05) is 5.32 Å². The number of nitrogens with one attached hydrogen (secondary N) is 2. The molecule has 4 aromatic rings. The largest absolute Gasteiger partial charge is 0.477 e. The van der Waals surface area contributed by atoms with E-state index in [0.717, 1.165) is 16.2 Å². The Morgan fingerprint density at radius 1 is 0.840 bits per heavy atom.